The van der Waals surface area contributed by atoms with Gasteiger partial charge in [-0.15, -0.1) is 0 Å². The highest BCUT2D eigenvalue weighted by Gasteiger charge is 2.45. The van der Waals surface area contributed by atoms with E-state index in [-0.39, 0.29) is 23.3 Å². The standard InChI is InChI=1S/C30H34F4N4O4Si/c1-29(2,3)43(4,5)42-16-22-24-23(17-9-11-20(31)12-10-17)25(28(40)36-26(24)38(37-22)21-14-41-15-21)35-27(39)18-7-6-8-19(13-18)30(32,33)34/h6-13,21,23,25H,14-16H2,1-5H3,(H,35,39)(H,36,40)/t23-,25+/m1/s1. The molecule has 1 aromatic heterocycles. The van der Waals surface area contributed by atoms with Gasteiger partial charge < -0.3 is 19.8 Å². The van der Waals surface area contributed by atoms with Gasteiger partial charge in [0.2, 0.25) is 5.91 Å². The minimum Gasteiger partial charge on any atom is -0.411 e. The lowest BCUT2D eigenvalue weighted by Gasteiger charge is -2.36. The van der Waals surface area contributed by atoms with Crippen molar-refractivity contribution in [3.63, 3.8) is 0 Å². The normalized spacial score (nSPS) is 19.4. The second-order valence-electron chi connectivity index (χ2n) is 12.4. The number of anilines is 1. The number of fused-ring (bicyclic) bond motifs is 1. The molecule has 2 aliphatic heterocycles. The SMILES string of the molecule is CC(C)(C)[Si](C)(C)OCc1nn(C2COC2)c2c1[C@@H](c1ccc(F)cc1)[C@H](NC(=O)c1cccc(C(F)(F)F)c1)C(=O)N2. The van der Waals surface area contributed by atoms with Crippen molar-refractivity contribution >= 4 is 25.9 Å². The molecule has 0 unspecified atom stereocenters. The highest BCUT2D eigenvalue weighted by atomic mass is 28.4. The average Bonchev–Trinajstić information content (AvgIpc) is 3.23. The van der Waals surface area contributed by atoms with Crippen molar-refractivity contribution in [2.24, 2.45) is 0 Å². The fourth-order valence-electron chi connectivity index (χ4n) is 4.90. The molecule has 2 amide bonds. The highest BCUT2D eigenvalue weighted by Crippen LogP contribution is 2.43. The van der Waals surface area contributed by atoms with Gasteiger partial charge in [-0.25, -0.2) is 9.07 Å². The van der Waals surface area contributed by atoms with Gasteiger partial charge in [0.1, 0.15) is 23.7 Å². The monoisotopic (exact) mass is 618 g/mol. The summed E-state index contributed by atoms with van der Waals surface area (Å²) in [5.41, 5.74) is 0.408. The summed E-state index contributed by atoms with van der Waals surface area (Å²) in [6.07, 6.45) is -4.65. The maximum atomic E-state index is 14.0. The summed E-state index contributed by atoms with van der Waals surface area (Å²) in [4.78, 5) is 27.0. The Labute approximate surface area is 247 Å². The Morgan fingerprint density at radius 3 is 2.40 bits per heavy atom. The third kappa shape index (κ3) is 6.11. The minimum absolute atomic E-state index is 0.0938. The molecule has 0 spiro atoms. The van der Waals surface area contributed by atoms with E-state index in [4.69, 9.17) is 14.3 Å². The maximum Gasteiger partial charge on any atom is 0.416 e. The molecule has 43 heavy (non-hydrogen) atoms. The number of ether oxygens (including phenoxy) is 1. The van der Waals surface area contributed by atoms with Gasteiger partial charge >= 0.3 is 6.18 Å². The number of carbonyl (C=O) groups excluding carboxylic acids is 2. The van der Waals surface area contributed by atoms with Crippen molar-refractivity contribution in [1.29, 1.82) is 0 Å². The van der Waals surface area contributed by atoms with Gasteiger partial charge in [-0.3, -0.25) is 9.59 Å². The van der Waals surface area contributed by atoms with E-state index in [0.29, 0.717) is 35.9 Å². The summed E-state index contributed by atoms with van der Waals surface area (Å²) < 4.78 is 67.7. The van der Waals surface area contributed by atoms with E-state index in [1.54, 1.807) is 4.68 Å². The number of amides is 2. The number of rotatable bonds is 7. The van der Waals surface area contributed by atoms with Crippen LogP contribution in [-0.4, -0.2) is 49.2 Å². The Balaban J connectivity index is 1.59. The molecule has 2 atom stereocenters. The summed E-state index contributed by atoms with van der Waals surface area (Å²) in [5.74, 6) is -2.35. The Bertz CT molecular complexity index is 1530. The van der Waals surface area contributed by atoms with E-state index in [1.807, 2.05) is 0 Å². The lowest BCUT2D eigenvalue weighted by Crippen LogP contribution is -2.51. The highest BCUT2D eigenvalue weighted by molar-refractivity contribution is 6.74. The first-order chi connectivity index (χ1) is 20.1. The summed E-state index contributed by atoms with van der Waals surface area (Å²) in [6, 6.07) is 8.15. The van der Waals surface area contributed by atoms with Crippen LogP contribution in [0.5, 0.6) is 0 Å². The summed E-state index contributed by atoms with van der Waals surface area (Å²) in [5, 5.41) is 10.3. The van der Waals surface area contributed by atoms with Crippen LogP contribution in [0, 0.1) is 5.82 Å². The van der Waals surface area contributed by atoms with Crippen LogP contribution in [0.1, 0.15) is 65.5 Å². The molecule has 0 aliphatic carbocycles. The van der Waals surface area contributed by atoms with E-state index in [2.05, 4.69) is 44.5 Å². The van der Waals surface area contributed by atoms with Crippen LogP contribution in [0.2, 0.25) is 18.1 Å². The minimum atomic E-state index is -4.65. The smallest absolute Gasteiger partial charge is 0.411 e. The first kappa shape index (κ1) is 30.9. The van der Waals surface area contributed by atoms with Crippen molar-refractivity contribution < 1.29 is 36.3 Å². The van der Waals surface area contributed by atoms with Crippen molar-refractivity contribution in [3.05, 3.63) is 82.3 Å². The second-order valence-corrected chi connectivity index (χ2v) is 17.3. The fourth-order valence-corrected chi connectivity index (χ4v) is 5.83. The molecular weight excluding hydrogens is 584 g/mol. The van der Waals surface area contributed by atoms with Crippen LogP contribution in [0.25, 0.3) is 0 Å². The largest absolute Gasteiger partial charge is 0.416 e. The molecular formula is C30H34F4N4O4Si. The third-order valence-corrected chi connectivity index (χ3v) is 13.0. The Morgan fingerprint density at radius 1 is 1.14 bits per heavy atom. The van der Waals surface area contributed by atoms with Gasteiger partial charge in [-0.2, -0.15) is 18.3 Å². The lowest BCUT2D eigenvalue weighted by atomic mass is 9.81. The molecule has 13 heteroatoms. The molecule has 1 saturated heterocycles. The number of nitrogens with one attached hydrogen (secondary N) is 2. The van der Waals surface area contributed by atoms with Crippen LogP contribution < -0.4 is 10.6 Å². The summed E-state index contributed by atoms with van der Waals surface area (Å²) in [6.45, 7) is 11.5. The molecule has 0 bridgehead atoms. The predicted octanol–water partition coefficient (Wildman–Crippen LogP) is 6.02. The second kappa shape index (κ2) is 11.2. The van der Waals surface area contributed by atoms with Gasteiger partial charge in [0.05, 0.1) is 31.1 Å². The van der Waals surface area contributed by atoms with E-state index in [9.17, 15) is 27.2 Å². The van der Waals surface area contributed by atoms with E-state index in [0.717, 1.165) is 18.2 Å². The number of nitrogens with zero attached hydrogens (tertiary/aromatic N) is 2. The van der Waals surface area contributed by atoms with Gasteiger partial charge in [0.15, 0.2) is 8.32 Å². The van der Waals surface area contributed by atoms with Crippen LogP contribution in [0.15, 0.2) is 48.5 Å². The van der Waals surface area contributed by atoms with Crippen LogP contribution in [0.4, 0.5) is 23.4 Å². The molecule has 3 heterocycles. The number of benzene rings is 2. The van der Waals surface area contributed by atoms with Gasteiger partial charge in [0.25, 0.3) is 5.91 Å². The van der Waals surface area contributed by atoms with Crippen molar-refractivity contribution in [2.45, 2.75) is 69.7 Å². The molecule has 3 aromatic rings. The number of hydrogen-bond donors (Lipinski definition) is 2. The number of aromatic nitrogens is 2. The molecule has 230 valence electrons. The first-order valence-electron chi connectivity index (χ1n) is 13.9. The molecule has 0 saturated carbocycles. The predicted molar refractivity (Wildman–Crippen MR) is 154 cm³/mol. The zero-order chi connectivity index (χ0) is 31.3. The van der Waals surface area contributed by atoms with E-state index in [1.165, 1.54) is 30.3 Å². The zero-order valence-corrected chi connectivity index (χ0v) is 25.5. The average molecular weight is 619 g/mol. The van der Waals surface area contributed by atoms with Crippen LogP contribution in [0.3, 0.4) is 0 Å². The Kier molecular flexibility index (Phi) is 8.03. The van der Waals surface area contributed by atoms with E-state index < -0.39 is 49.6 Å². The molecule has 8 nitrogen and oxygen atoms in total. The lowest BCUT2D eigenvalue weighted by molar-refractivity contribution is -0.137. The molecule has 5 rings (SSSR count). The quantitative estimate of drug-likeness (QED) is 0.250. The first-order valence-corrected chi connectivity index (χ1v) is 16.8. The number of alkyl halides is 3. The Morgan fingerprint density at radius 2 is 1.81 bits per heavy atom. The molecule has 2 aromatic carbocycles. The zero-order valence-electron chi connectivity index (χ0n) is 24.5. The van der Waals surface area contributed by atoms with Crippen molar-refractivity contribution in [3.8, 4) is 0 Å². The number of carbonyl (C=O) groups is 2. The molecule has 1 fully saturated rings. The van der Waals surface area contributed by atoms with Crippen molar-refractivity contribution in [1.82, 2.24) is 15.1 Å². The summed E-state index contributed by atoms with van der Waals surface area (Å²) >= 11 is 0. The maximum absolute atomic E-state index is 14.0. The van der Waals surface area contributed by atoms with E-state index >= 15 is 0 Å². The van der Waals surface area contributed by atoms with Crippen LogP contribution in [-0.2, 0) is 26.7 Å². The fraction of sp³-hybridized carbons (Fsp3) is 0.433. The molecule has 0 radical (unpaired) electrons. The molecule has 2 N–H and O–H groups in total. The summed E-state index contributed by atoms with van der Waals surface area (Å²) in [7, 11) is -2.25. The van der Waals surface area contributed by atoms with Crippen molar-refractivity contribution in [2.75, 3.05) is 18.5 Å². The molecule has 2 aliphatic rings. The van der Waals surface area contributed by atoms with Gasteiger partial charge in [-0.1, -0.05) is 39.0 Å². The van der Waals surface area contributed by atoms with Gasteiger partial charge in [0, 0.05) is 17.0 Å². The Hall–Kier alpha value is -3.55. The topological polar surface area (TPSA) is 94.5 Å². The number of halogens is 4. The van der Waals surface area contributed by atoms with Crippen LogP contribution >= 0.6 is 0 Å². The third-order valence-electron chi connectivity index (χ3n) is 8.50. The number of hydrogen-bond acceptors (Lipinski definition) is 5. The van der Waals surface area contributed by atoms with Gasteiger partial charge in [-0.05, 0) is 54.0 Å².